The van der Waals surface area contributed by atoms with Crippen LogP contribution in [-0.4, -0.2) is 18.2 Å². The molecule has 0 atom stereocenters. The maximum absolute atomic E-state index is 11.9. The first-order valence-electron chi connectivity index (χ1n) is 9.02. The van der Waals surface area contributed by atoms with E-state index in [0.717, 1.165) is 10.9 Å². The summed E-state index contributed by atoms with van der Waals surface area (Å²) >= 11 is 5.90. The number of phenols is 1. The molecule has 6 nitrogen and oxygen atoms in total. The molecule has 1 N–H and O–H groups in total. The molecule has 30 heavy (non-hydrogen) atoms. The molecule has 4 aromatic rings. The molecule has 0 saturated carbocycles. The van der Waals surface area contributed by atoms with Crippen LogP contribution in [0.25, 0.3) is 11.0 Å². The van der Waals surface area contributed by atoms with Crippen LogP contribution < -0.4 is 9.47 Å². The topological polar surface area (TPSA) is 78.1 Å². The summed E-state index contributed by atoms with van der Waals surface area (Å²) in [6.45, 7) is 0.212. The number of fused-ring (bicyclic) bond motifs is 1. The van der Waals surface area contributed by atoms with Crippen molar-refractivity contribution >= 4 is 28.5 Å². The number of aromatic hydroxyl groups is 1. The second-order valence-electron chi connectivity index (χ2n) is 6.42. The zero-order chi connectivity index (χ0) is 21.1. The van der Waals surface area contributed by atoms with Gasteiger partial charge in [0.25, 0.3) is 5.95 Å². The number of hydrogen-bond acceptors (Lipinski definition) is 6. The Morgan fingerprint density at radius 3 is 2.63 bits per heavy atom. The SMILES string of the molecule is COC(=O)c1ccccc1COc1ccc2oc(Oc3ccc(O)c(Cl)c3)cc2c1. The van der Waals surface area contributed by atoms with Crippen molar-refractivity contribution in [2.75, 3.05) is 7.11 Å². The molecule has 3 aromatic carbocycles. The molecule has 0 spiro atoms. The monoisotopic (exact) mass is 424 g/mol. The number of hydrogen-bond donors (Lipinski definition) is 1. The number of rotatable bonds is 6. The van der Waals surface area contributed by atoms with Crippen molar-refractivity contribution < 1.29 is 28.5 Å². The molecule has 1 aromatic heterocycles. The van der Waals surface area contributed by atoms with Gasteiger partial charge in [-0.2, -0.15) is 0 Å². The molecule has 0 fully saturated rings. The average Bonchev–Trinajstić information content (AvgIpc) is 3.16. The fraction of sp³-hybridized carbons (Fsp3) is 0.0870. The zero-order valence-corrected chi connectivity index (χ0v) is 16.7. The molecule has 0 bridgehead atoms. The Morgan fingerprint density at radius 1 is 1.03 bits per heavy atom. The number of carbonyl (C=O) groups is 1. The van der Waals surface area contributed by atoms with E-state index in [2.05, 4.69) is 0 Å². The molecular weight excluding hydrogens is 408 g/mol. The molecule has 152 valence electrons. The number of furan rings is 1. The van der Waals surface area contributed by atoms with Crippen LogP contribution in [0.4, 0.5) is 0 Å². The summed E-state index contributed by atoms with van der Waals surface area (Å²) in [5, 5.41) is 10.5. The van der Waals surface area contributed by atoms with Gasteiger partial charge < -0.3 is 23.7 Å². The number of carbonyl (C=O) groups excluding carboxylic acids is 1. The lowest BCUT2D eigenvalue weighted by atomic mass is 10.1. The van der Waals surface area contributed by atoms with Gasteiger partial charge in [0.2, 0.25) is 0 Å². The first-order chi connectivity index (χ1) is 14.5. The van der Waals surface area contributed by atoms with Crippen LogP contribution in [0, 0.1) is 0 Å². The molecule has 0 saturated heterocycles. The standard InChI is InChI=1S/C23H17ClO6/c1-27-23(26)18-5-3-2-4-14(18)13-28-16-7-9-21-15(10-16)11-22(30-21)29-17-6-8-20(25)19(24)12-17/h2-12,25H,13H2,1H3. The maximum Gasteiger partial charge on any atom is 0.338 e. The van der Waals surface area contributed by atoms with Gasteiger partial charge in [0.05, 0.1) is 17.7 Å². The number of methoxy groups -OCH3 is 1. The Kier molecular flexibility index (Phi) is 5.50. The van der Waals surface area contributed by atoms with Gasteiger partial charge in [-0.05, 0) is 36.4 Å². The fourth-order valence-corrected chi connectivity index (χ4v) is 3.09. The molecule has 4 rings (SSSR count). The second kappa shape index (κ2) is 8.39. The van der Waals surface area contributed by atoms with Gasteiger partial charge in [-0.25, -0.2) is 4.79 Å². The van der Waals surface area contributed by atoms with Crippen molar-refractivity contribution in [3.05, 3.63) is 82.9 Å². The normalized spacial score (nSPS) is 10.7. The summed E-state index contributed by atoms with van der Waals surface area (Å²) in [5.41, 5.74) is 1.81. The minimum Gasteiger partial charge on any atom is -0.506 e. The largest absolute Gasteiger partial charge is 0.506 e. The van der Waals surface area contributed by atoms with Crippen molar-refractivity contribution in [3.63, 3.8) is 0 Å². The summed E-state index contributed by atoms with van der Waals surface area (Å²) in [6, 6.07) is 18.7. The van der Waals surface area contributed by atoms with E-state index < -0.39 is 5.97 Å². The molecule has 0 aliphatic carbocycles. The Bertz CT molecular complexity index is 1210. The van der Waals surface area contributed by atoms with E-state index in [4.69, 9.17) is 30.2 Å². The average molecular weight is 425 g/mol. The Hall–Kier alpha value is -3.64. The quantitative estimate of drug-likeness (QED) is 0.385. The number of benzene rings is 3. The van der Waals surface area contributed by atoms with Gasteiger partial charge >= 0.3 is 5.97 Å². The van der Waals surface area contributed by atoms with E-state index in [1.807, 2.05) is 18.2 Å². The zero-order valence-electron chi connectivity index (χ0n) is 15.9. The number of ether oxygens (including phenoxy) is 3. The lowest BCUT2D eigenvalue weighted by Crippen LogP contribution is -2.07. The van der Waals surface area contributed by atoms with Crippen LogP contribution in [0.3, 0.4) is 0 Å². The highest BCUT2D eigenvalue weighted by Crippen LogP contribution is 2.34. The van der Waals surface area contributed by atoms with Crippen LogP contribution in [0.2, 0.25) is 5.02 Å². The minimum absolute atomic E-state index is 0.0239. The first kappa shape index (κ1) is 19.7. The van der Waals surface area contributed by atoms with E-state index in [1.54, 1.807) is 36.4 Å². The first-order valence-corrected chi connectivity index (χ1v) is 9.40. The summed E-state index contributed by atoms with van der Waals surface area (Å²) in [5.74, 6) is 0.898. The van der Waals surface area contributed by atoms with E-state index >= 15 is 0 Å². The van der Waals surface area contributed by atoms with E-state index in [-0.39, 0.29) is 23.3 Å². The fourth-order valence-electron chi connectivity index (χ4n) is 2.92. The smallest absolute Gasteiger partial charge is 0.338 e. The van der Waals surface area contributed by atoms with Crippen LogP contribution in [-0.2, 0) is 11.3 Å². The molecule has 0 aliphatic heterocycles. The van der Waals surface area contributed by atoms with Crippen LogP contribution >= 0.6 is 11.6 Å². The van der Waals surface area contributed by atoms with Crippen LogP contribution in [0.15, 0.2) is 71.1 Å². The van der Waals surface area contributed by atoms with E-state index in [9.17, 15) is 9.90 Å². The van der Waals surface area contributed by atoms with Crippen molar-refractivity contribution in [2.45, 2.75) is 6.61 Å². The maximum atomic E-state index is 11.9. The number of halogens is 1. The highest BCUT2D eigenvalue weighted by atomic mass is 35.5. The molecule has 0 amide bonds. The molecule has 7 heteroatoms. The van der Waals surface area contributed by atoms with Gasteiger partial charge in [0.15, 0.2) is 0 Å². The lowest BCUT2D eigenvalue weighted by molar-refractivity contribution is 0.0597. The highest BCUT2D eigenvalue weighted by molar-refractivity contribution is 6.32. The third kappa shape index (κ3) is 4.18. The highest BCUT2D eigenvalue weighted by Gasteiger charge is 2.12. The summed E-state index contributed by atoms with van der Waals surface area (Å²) < 4.78 is 22.0. The molecular formula is C23H17ClO6. The minimum atomic E-state index is -0.407. The molecule has 1 heterocycles. The summed E-state index contributed by atoms with van der Waals surface area (Å²) in [7, 11) is 1.35. The third-order valence-electron chi connectivity index (χ3n) is 4.42. The summed E-state index contributed by atoms with van der Waals surface area (Å²) in [6.07, 6.45) is 0. The lowest BCUT2D eigenvalue weighted by Gasteiger charge is -2.09. The van der Waals surface area contributed by atoms with Gasteiger partial charge in [0, 0.05) is 23.1 Å². The van der Waals surface area contributed by atoms with Crippen molar-refractivity contribution in [2.24, 2.45) is 0 Å². The van der Waals surface area contributed by atoms with Crippen molar-refractivity contribution in [3.8, 4) is 23.2 Å². The predicted molar refractivity (Wildman–Crippen MR) is 112 cm³/mol. The number of esters is 1. The van der Waals surface area contributed by atoms with Gasteiger partial charge in [-0.15, -0.1) is 0 Å². The second-order valence-corrected chi connectivity index (χ2v) is 6.82. The van der Waals surface area contributed by atoms with Crippen molar-refractivity contribution in [1.29, 1.82) is 0 Å². The van der Waals surface area contributed by atoms with Crippen LogP contribution in [0.5, 0.6) is 23.2 Å². The predicted octanol–water partition coefficient (Wildman–Crippen LogP) is 5.95. The molecule has 0 aliphatic rings. The molecule has 0 unspecified atom stereocenters. The van der Waals surface area contributed by atoms with Crippen molar-refractivity contribution in [1.82, 2.24) is 0 Å². The number of phenolic OH excluding ortho intramolecular Hbond substituents is 1. The Morgan fingerprint density at radius 2 is 1.83 bits per heavy atom. The Balaban J connectivity index is 1.50. The van der Waals surface area contributed by atoms with Gasteiger partial charge in [-0.3, -0.25) is 0 Å². The van der Waals surface area contributed by atoms with E-state index in [0.29, 0.717) is 22.6 Å². The third-order valence-corrected chi connectivity index (χ3v) is 4.72. The summed E-state index contributed by atoms with van der Waals surface area (Å²) in [4.78, 5) is 11.9. The molecule has 0 radical (unpaired) electrons. The van der Waals surface area contributed by atoms with Gasteiger partial charge in [0.1, 0.15) is 29.4 Å². The van der Waals surface area contributed by atoms with E-state index in [1.165, 1.54) is 19.2 Å². The Labute approximate surface area is 177 Å². The van der Waals surface area contributed by atoms with Gasteiger partial charge in [-0.1, -0.05) is 29.8 Å². The van der Waals surface area contributed by atoms with Crippen LogP contribution in [0.1, 0.15) is 15.9 Å².